The maximum absolute atomic E-state index is 12.2. The molecule has 0 aliphatic heterocycles. The number of nitrogens with one attached hydrogen (secondary N) is 2. The normalized spacial score (nSPS) is 13.6. The highest BCUT2D eigenvalue weighted by atomic mass is 32.2. The maximum atomic E-state index is 12.2. The van der Waals surface area contributed by atoms with Gasteiger partial charge < -0.3 is 10.1 Å². The molecule has 0 unspecified atom stereocenters. The van der Waals surface area contributed by atoms with Gasteiger partial charge >= 0.3 is 5.97 Å². The highest BCUT2D eigenvalue weighted by Crippen LogP contribution is 2.10. The van der Waals surface area contributed by atoms with Crippen molar-refractivity contribution in [3.63, 3.8) is 0 Å². The van der Waals surface area contributed by atoms with E-state index in [0.717, 1.165) is 11.0 Å². The van der Waals surface area contributed by atoms with Crippen molar-refractivity contribution in [2.45, 2.75) is 32.9 Å². The molecule has 0 aliphatic carbocycles. The fourth-order valence-electron chi connectivity index (χ4n) is 2.28. The number of aryl methyl sites for hydroxylation is 1. The number of esters is 1. The van der Waals surface area contributed by atoms with Gasteiger partial charge in [-0.25, -0.2) is 8.42 Å². The van der Waals surface area contributed by atoms with E-state index in [1.807, 2.05) is 25.1 Å². The number of anilines is 1. The molecule has 29 heavy (non-hydrogen) atoms. The van der Waals surface area contributed by atoms with Gasteiger partial charge in [-0.05, 0) is 44.5 Å². The molecule has 0 bridgehead atoms. The van der Waals surface area contributed by atoms with E-state index >= 15 is 0 Å². The lowest BCUT2D eigenvalue weighted by molar-refractivity contribution is -0.154. The minimum Gasteiger partial charge on any atom is -0.451 e. The molecule has 2 aromatic carbocycles. The van der Waals surface area contributed by atoms with Crippen LogP contribution in [0.5, 0.6) is 0 Å². The number of hydrogen-bond donors (Lipinski definition) is 2. The van der Waals surface area contributed by atoms with E-state index in [9.17, 15) is 18.0 Å². The van der Waals surface area contributed by atoms with E-state index in [1.54, 1.807) is 36.4 Å². The van der Waals surface area contributed by atoms with Gasteiger partial charge in [0.2, 0.25) is 10.0 Å². The molecule has 0 saturated heterocycles. The molecule has 2 atom stereocenters. The van der Waals surface area contributed by atoms with Crippen LogP contribution in [0.4, 0.5) is 5.69 Å². The molecule has 2 aromatic rings. The molecule has 0 saturated carbocycles. The predicted octanol–water partition coefficient (Wildman–Crippen LogP) is 2.84. The summed E-state index contributed by atoms with van der Waals surface area (Å²) in [6.07, 6.45) is 0.327. The first-order valence-corrected chi connectivity index (χ1v) is 10.5. The standard InChI is InChI=1S/C21H24N2O5S/c1-15-9-11-19(12-10-15)22-20(24)17(3)28-21(25)16(2)23-29(26,27)14-13-18-7-5-4-6-8-18/h4-14,16-17,23H,1-3H3,(H,22,24)/b14-13+/t16-,17+/m0/s1. The molecule has 1 amide bonds. The summed E-state index contributed by atoms with van der Waals surface area (Å²) in [6.45, 7) is 4.69. The molecule has 2 N–H and O–H groups in total. The Hall–Kier alpha value is -2.97. The molecule has 0 aromatic heterocycles. The number of amides is 1. The van der Waals surface area contributed by atoms with Gasteiger partial charge in [-0.15, -0.1) is 0 Å². The molecular formula is C21H24N2O5S. The summed E-state index contributed by atoms with van der Waals surface area (Å²) >= 11 is 0. The van der Waals surface area contributed by atoms with E-state index in [0.29, 0.717) is 11.3 Å². The van der Waals surface area contributed by atoms with Crippen LogP contribution in [0.1, 0.15) is 25.0 Å². The van der Waals surface area contributed by atoms with Crippen molar-refractivity contribution in [1.29, 1.82) is 0 Å². The zero-order valence-electron chi connectivity index (χ0n) is 16.5. The minimum absolute atomic E-state index is 0.513. The quantitative estimate of drug-likeness (QED) is 0.645. The van der Waals surface area contributed by atoms with Gasteiger partial charge in [-0.3, -0.25) is 9.59 Å². The largest absolute Gasteiger partial charge is 0.451 e. The van der Waals surface area contributed by atoms with E-state index < -0.39 is 34.0 Å². The van der Waals surface area contributed by atoms with Gasteiger partial charge in [0.15, 0.2) is 6.10 Å². The van der Waals surface area contributed by atoms with Crippen LogP contribution in [0.15, 0.2) is 60.0 Å². The molecule has 0 radical (unpaired) electrons. The zero-order valence-corrected chi connectivity index (χ0v) is 17.3. The van der Waals surface area contributed by atoms with Crippen molar-refractivity contribution in [3.8, 4) is 0 Å². The van der Waals surface area contributed by atoms with Crippen molar-refractivity contribution in [1.82, 2.24) is 4.72 Å². The summed E-state index contributed by atoms with van der Waals surface area (Å²) in [5.74, 6) is -1.37. The molecule has 0 spiro atoms. The molecule has 154 valence electrons. The van der Waals surface area contributed by atoms with Crippen molar-refractivity contribution < 1.29 is 22.7 Å². The monoisotopic (exact) mass is 416 g/mol. The lowest BCUT2D eigenvalue weighted by Gasteiger charge is -2.17. The molecule has 8 heteroatoms. The van der Waals surface area contributed by atoms with Gasteiger partial charge in [0.1, 0.15) is 6.04 Å². The van der Waals surface area contributed by atoms with E-state index in [4.69, 9.17) is 4.74 Å². The topological polar surface area (TPSA) is 102 Å². The Bertz CT molecular complexity index is 970. The lowest BCUT2D eigenvalue weighted by atomic mass is 10.2. The van der Waals surface area contributed by atoms with Crippen LogP contribution < -0.4 is 10.0 Å². The van der Waals surface area contributed by atoms with Crippen molar-refractivity contribution >= 4 is 33.7 Å². The van der Waals surface area contributed by atoms with Crippen molar-refractivity contribution in [2.24, 2.45) is 0 Å². The third-order valence-electron chi connectivity index (χ3n) is 3.92. The first-order chi connectivity index (χ1) is 13.7. The molecule has 2 rings (SSSR count). The second-order valence-corrected chi connectivity index (χ2v) is 8.13. The third-order valence-corrected chi connectivity index (χ3v) is 5.09. The number of ether oxygens (including phenoxy) is 1. The average Bonchev–Trinajstić information content (AvgIpc) is 2.68. The Morgan fingerprint density at radius 3 is 2.24 bits per heavy atom. The number of carbonyl (C=O) groups excluding carboxylic acids is 2. The molecule has 0 aliphatic rings. The van der Waals surface area contributed by atoms with Gasteiger partial charge in [0.25, 0.3) is 5.91 Å². The van der Waals surface area contributed by atoms with Gasteiger partial charge in [0, 0.05) is 11.1 Å². The molecular weight excluding hydrogens is 392 g/mol. The lowest BCUT2D eigenvalue weighted by Crippen LogP contribution is -2.41. The first kappa shape index (κ1) is 22.3. The summed E-state index contributed by atoms with van der Waals surface area (Å²) in [5, 5.41) is 3.61. The maximum Gasteiger partial charge on any atom is 0.324 e. The second-order valence-electron chi connectivity index (χ2n) is 6.53. The van der Waals surface area contributed by atoms with Crippen LogP contribution in [0, 0.1) is 6.92 Å². The second kappa shape index (κ2) is 9.99. The van der Waals surface area contributed by atoms with Gasteiger partial charge in [0.05, 0.1) is 0 Å². The van der Waals surface area contributed by atoms with Crippen LogP contribution in [0.25, 0.3) is 6.08 Å². The number of rotatable bonds is 8. The summed E-state index contributed by atoms with van der Waals surface area (Å²) < 4.78 is 31.5. The van der Waals surface area contributed by atoms with Gasteiger partial charge in [-0.1, -0.05) is 48.0 Å². The number of hydrogen-bond acceptors (Lipinski definition) is 5. The van der Waals surface area contributed by atoms with Crippen LogP contribution in [0.3, 0.4) is 0 Å². The minimum atomic E-state index is -3.86. The summed E-state index contributed by atoms with van der Waals surface area (Å²) in [5.41, 5.74) is 2.32. The van der Waals surface area contributed by atoms with E-state index in [1.165, 1.54) is 19.9 Å². The fraction of sp³-hybridized carbons (Fsp3) is 0.238. The van der Waals surface area contributed by atoms with Crippen molar-refractivity contribution in [3.05, 3.63) is 71.1 Å². The van der Waals surface area contributed by atoms with Crippen LogP contribution >= 0.6 is 0 Å². The summed E-state index contributed by atoms with van der Waals surface area (Å²) in [4.78, 5) is 24.3. The average molecular weight is 416 g/mol. The van der Waals surface area contributed by atoms with Crippen LogP contribution in [-0.4, -0.2) is 32.4 Å². The zero-order chi connectivity index (χ0) is 21.4. The summed E-state index contributed by atoms with van der Waals surface area (Å²) in [7, 11) is -3.86. The molecule has 7 nitrogen and oxygen atoms in total. The highest BCUT2D eigenvalue weighted by Gasteiger charge is 2.24. The smallest absolute Gasteiger partial charge is 0.324 e. The number of sulfonamides is 1. The van der Waals surface area contributed by atoms with Gasteiger partial charge in [-0.2, -0.15) is 4.72 Å². The van der Waals surface area contributed by atoms with Crippen LogP contribution in [-0.2, 0) is 24.3 Å². The first-order valence-electron chi connectivity index (χ1n) is 9.00. The Kier molecular flexibility index (Phi) is 7.69. The Balaban J connectivity index is 1.89. The van der Waals surface area contributed by atoms with Crippen molar-refractivity contribution in [2.75, 3.05) is 5.32 Å². The third kappa shape index (κ3) is 7.52. The predicted molar refractivity (Wildman–Crippen MR) is 112 cm³/mol. The van der Waals surface area contributed by atoms with E-state index in [2.05, 4.69) is 10.0 Å². The fourth-order valence-corrected chi connectivity index (χ4v) is 3.28. The van der Waals surface area contributed by atoms with Crippen LogP contribution in [0.2, 0.25) is 0 Å². The summed E-state index contributed by atoms with van der Waals surface area (Å²) in [6, 6.07) is 14.9. The molecule has 0 heterocycles. The number of benzene rings is 2. The molecule has 0 fully saturated rings. The highest BCUT2D eigenvalue weighted by molar-refractivity contribution is 7.92. The Morgan fingerprint density at radius 2 is 1.62 bits per heavy atom. The Labute approximate surface area is 170 Å². The Morgan fingerprint density at radius 1 is 1.00 bits per heavy atom. The van der Waals surface area contributed by atoms with E-state index in [-0.39, 0.29) is 0 Å². The number of carbonyl (C=O) groups is 2. The SMILES string of the molecule is Cc1ccc(NC(=O)[C@@H](C)OC(=O)[C@H](C)NS(=O)(=O)/C=C/c2ccccc2)cc1.